The van der Waals surface area contributed by atoms with Gasteiger partial charge in [-0.2, -0.15) is 5.26 Å². The molecule has 0 unspecified atom stereocenters. The number of carbonyl (C=O) groups excluding carboxylic acids is 1. The molecule has 1 amide bonds. The van der Waals surface area contributed by atoms with Crippen molar-refractivity contribution in [3.8, 4) is 6.07 Å². The summed E-state index contributed by atoms with van der Waals surface area (Å²) in [4.78, 5) is 32.9. The highest BCUT2D eigenvalue weighted by Gasteiger charge is 2.20. The fourth-order valence-electron chi connectivity index (χ4n) is 3.91. The van der Waals surface area contributed by atoms with Gasteiger partial charge in [0.25, 0.3) is 11.5 Å². The van der Waals surface area contributed by atoms with E-state index in [-0.39, 0.29) is 16.7 Å². The van der Waals surface area contributed by atoms with Crippen LogP contribution in [0.3, 0.4) is 0 Å². The smallest absolute Gasteiger partial charge is 0.267 e. The number of anilines is 1. The van der Waals surface area contributed by atoms with Crippen molar-refractivity contribution in [3.05, 3.63) is 81.8 Å². The Balaban J connectivity index is 1.73. The predicted molar refractivity (Wildman–Crippen MR) is 124 cm³/mol. The van der Waals surface area contributed by atoms with Gasteiger partial charge in [-0.15, -0.1) is 0 Å². The van der Waals surface area contributed by atoms with Crippen LogP contribution in [0.15, 0.2) is 65.1 Å². The number of aromatic nitrogens is 2. The lowest BCUT2D eigenvalue weighted by Gasteiger charge is -2.23. The Morgan fingerprint density at radius 3 is 2.50 bits per heavy atom. The predicted octanol–water partition coefficient (Wildman–Crippen LogP) is 3.30. The van der Waals surface area contributed by atoms with Gasteiger partial charge in [0.05, 0.1) is 5.56 Å². The average Bonchev–Trinajstić information content (AvgIpc) is 3.12. The minimum absolute atomic E-state index is 0.119. The van der Waals surface area contributed by atoms with E-state index in [9.17, 15) is 14.9 Å². The van der Waals surface area contributed by atoms with E-state index in [1.165, 1.54) is 10.5 Å². The molecule has 7 heteroatoms. The molecule has 0 atom stereocenters. The number of nitrogens with one attached hydrogen (secondary N) is 1. The molecule has 1 aliphatic rings. The molecule has 3 aromatic rings. The lowest BCUT2D eigenvalue weighted by atomic mass is 10.1. The van der Waals surface area contributed by atoms with Crippen LogP contribution in [-0.2, 0) is 11.3 Å². The van der Waals surface area contributed by atoms with E-state index in [0.29, 0.717) is 18.0 Å². The van der Waals surface area contributed by atoms with Crippen molar-refractivity contribution in [3.63, 3.8) is 0 Å². The third-order valence-electron chi connectivity index (χ3n) is 5.60. The molecule has 1 N–H and O–H groups in total. The molecule has 1 aliphatic heterocycles. The highest BCUT2D eigenvalue weighted by molar-refractivity contribution is 6.02. The van der Waals surface area contributed by atoms with Crippen LogP contribution in [-0.4, -0.2) is 28.4 Å². The van der Waals surface area contributed by atoms with Crippen LogP contribution in [0, 0.1) is 11.3 Å². The molecule has 3 heterocycles. The highest BCUT2D eigenvalue weighted by atomic mass is 16.1. The number of hydrogen-bond acceptors (Lipinski definition) is 5. The number of pyridine rings is 1. The first-order valence-corrected chi connectivity index (χ1v) is 10.9. The topological polar surface area (TPSA) is 90.5 Å². The first-order valence-electron chi connectivity index (χ1n) is 10.9. The first kappa shape index (κ1) is 21.3. The van der Waals surface area contributed by atoms with E-state index in [1.54, 1.807) is 18.3 Å². The Bertz CT molecular complexity index is 1230. The maximum absolute atomic E-state index is 13.3. The maximum Gasteiger partial charge on any atom is 0.267 e. The summed E-state index contributed by atoms with van der Waals surface area (Å²) in [6, 6.07) is 16.8. The Labute approximate surface area is 186 Å². The van der Waals surface area contributed by atoms with Gasteiger partial charge in [-0.25, -0.2) is 4.98 Å². The number of fused-ring (bicyclic) bond motifs is 1. The van der Waals surface area contributed by atoms with Gasteiger partial charge in [0.1, 0.15) is 23.1 Å². The zero-order chi connectivity index (χ0) is 22.3. The van der Waals surface area contributed by atoms with Crippen LogP contribution in [0.2, 0.25) is 0 Å². The fourth-order valence-corrected chi connectivity index (χ4v) is 3.91. The van der Waals surface area contributed by atoms with Gasteiger partial charge in [-0.3, -0.25) is 14.0 Å². The number of carbonyl (C=O) groups is 1. The summed E-state index contributed by atoms with van der Waals surface area (Å²) in [6.07, 6.45) is 7.34. The van der Waals surface area contributed by atoms with Gasteiger partial charge in [-0.1, -0.05) is 49.2 Å². The molecule has 162 valence electrons. The van der Waals surface area contributed by atoms with E-state index < -0.39 is 5.91 Å². The standard InChI is InChI=1S/C25H25N5O2/c26-17-20(24(31)27-18-19-10-4-3-5-11-19)16-21-23(29-13-7-1-2-8-14-29)28-22-12-6-9-15-30(22)25(21)32/h3-6,9-12,15-16H,1-2,7-8,13-14,18H2,(H,27,31)/b20-16+. The molecule has 7 nitrogen and oxygen atoms in total. The van der Waals surface area contributed by atoms with Crippen molar-refractivity contribution >= 4 is 23.4 Å². The lowest BCUT2D eigenvalue weighted by Crippen LogP contribution is -2.30. The second-order valence-electron chi connectivity index (χ2n) is 7.82. The van der Waals surface area contributed by atoms with E-state index in [0.717, 1.165) is 44.3 Å². The Morgan fingerprint density at radius 1 is 1.06 bits per heavy atom. The molecule has 0 radical (unpaired) electrons. The number of nitrogens with zero attached hydrogens (tertiary/aromatic N) is 4. The van der Waals surface area contributed by atoms with Crippen molar-refractivity contribution in [2.24, 2.45) is 0 Å². The van der Waals surface area contributed by atoms with Crippen LogP contribution < -0.4 is 15.8 Å². The van der Waals surface area contributed by atoms with E-state index in [4.69, 9.17) is 4.98 Å². The van der Waals surface area contributed by atoms with Crippen LogP contribution in [0.5, 0.6) is 0 Å². The summed E-state index contributed by atoms with van der Waals surface area (Å²) < 4.78 is 1.45. The Hall–Kier alpha value is -3.92. The fraction of sp³-hybridized carbons (Fsp3) is 0.280. The molecular weight excluding hydrogens is 402 g/mol. The summed E-state index contributed by atoms with van der Waals surface area (Å²) in [7, 11) is 0. The molecule has 2 aromatic heterocycles. The van der Waals surface area contributed by atoms with Gasteiger partial charge in [-0.05, 0) is 36.6 Å². The summed E-state index contributed by atoms with van der Waals surface area (Å²) in [6.45, 7) is 1.88. The minimum atomic E-state index is -0.518. The quantitative estimate of drug-likeness (QED) is 0.498. The normalized spacial score (nSPS) is 14.6. The second kappa shape index (κ2) is 9.92. The van der Waals surface area contributed by atoms with Crippen molar-refractivity contribution < 1.29 is 4.79 Å². The molecule has 32 heavy (non-hydrogen) atoms. The summed E-state index contributed by atoms with van der Waals surface area (Å²) in [5.74, 6) is 0.0161. The monoisotopic (exact) mass is 427 g/mol. The highest BCUT2D eigenvalue weighted by Crippen LogP contribution is 2.22. The molecule has 0 bridgehead atoms. The maximum atomic E-state index is 13.3. The van der Waals surface area contributed by atoms with E-state index in [1.807, 2.05) is 42.5 Å². The number of nitriles is 1. The molecule has 4 rings (SSSR count). The molecule has 0 aliphatic carbocycles. The minimum Gasteiger partial charge on any atom is -0.356 e. The molecular formula is C25H25N5O2. The van der Waals surface area contributed by atoms with Crippen LogP contribution in [0.25, 0.3) is 11.7 Å². The summed E-state index contributed by atoms with van der Waals surface area (Å²) in [5, 5.41) is 12.4. The molecule has 0 saturated carbocycles. The summed E-state index contributed by atoms with van der Waals surface area (Å²) >= 11 is 0. The van der Waals surface area contributed by atoms with Crippen molar-refractivity contribution in [2.75, 3.05) is 18.0 Å². The summed E-state index contributed by atoms with van der Waals surface area (Å²) in [5.41, 5.74) is 1.32. The van der Waals surface area contributed by atoms with Crippen molar-refractivity contribution in [1.29, 1.82) is 5.26 Å². The zero-order valence-corrected chi connectivity index (χ0v) is 17.8. The number of hydrogen-bond donors (Lipinski definition) is 1. The first-order chi connectivity index (χ1) is 15.7. The van der Waals surface area contributed by atoms with Crippen LogP contribution >= 0.6 is 0 Å². The van der Waals surface area contributed by atoms with Gasteiger partial charge < -0.3 is 10.2 Å². The van der Waals surface area contributed by atoms with Crippen molar-refractivity contribution in [2.45, 2.75) is 32.2 Å². The Kier molecular flexibility index (Phi) is 6.61. The van der Waals surface area contributed by atoms with Crippen LogP contribution in [0.1, 0.15) is 36.8 Å². The van der Waals surface area contributed by atoms with E-state index in [2.05, 4.69) is 10.2 Å². The third kappa shape index (κ3) is 4.70. The number of rotatable bonds is 5. The van der Waals surface area contributed by atoms with Gasteiger partial charge in [0, 0.05) is 25.8 Å². The largest absolute Gasteiger partial charge is 0.356 e. The zero-order valence-electron chi connectivity index (χ0n) is 17.8. The molecule has 1 fully saturated rings. The number of amides is 1. The molecule has 1 saturated heterocycles. The lowest BCUT2D eigenvalue weighted by molar-refractivity contribution is -0.117. The van der Waals surface area contributed by atoms with Gasteiger partial charge in [0.15, 0.2) is 0 Å². The van der Waals surface area contributed by atoms with Crippen LogP contribution in [0.4, 0.5) is 5.82 Å². The van der Waals surface area contributed by atoms with Gasteiger partial charge >= 0.3 is 0 Å². The second-order valence-corrected chi connectivity index (χ2v) is 7.82. The van der Waals surface area contributed by atoms with Crippen molar-refractivity contribution in [1.82, 2.24) is 14.7 Å². The SMILES string of the molecule is N#C/C(=C\c1c(N2CCCCCC2)nc2ccccn2c1=O)C(=O)NCc1ccccc1. The molecule has 1 aromatic carbocycles. The van der Waals surface area contributed by atoms with Gasteiger partial charge in [0.2, 0.25) is 0 Å². The third-order valence-corrected chi connectivity index (χ3v) is 5.60. The average molecular weight is 428 g/mol. The number of benzene rings is 1. The molecule has 0 spiro atoms. The Morgan fingerprint density at radius 2 is 1.78 bits per heavy atom. The van der Waals surface area contributed by atoms with E-state index >= 15 is 0 Å².